The molecule has 2 aromatic rings. The summed E-state index contributed by atoms with van der Waals surface area (Å²) in [4.78, 5) is 14.7. The molecule has 2 rings (SSSR count). The van der Waals surface area contributed by atoms with E-state index in [0.717, 1.165) is 21.5 Å². The van der Waals surface area contributed by atoms with Gasteiger partial charge in [0, 0.05) is 16.1 Å². The minimum absolute atomic E-state index is 0.245. The summed E-state index contributed by atoms with van der Waals surface area (Å²) in [5.41, 5.74) is 0.441. The number of fused-ring (bicyclic) bond motifs is 1. The molecule has 0 saturated heterocycles. The molecule has 0 bridgehead atoms. The van der Waals surface area contributed by atoms with Crippen LogP contribution in [0.25, 0.3) is 10.8 Å². The molecule has 2 nitrogen and oxygen atoms in total. The molecule has 0 unspecified atom stereocenters. The third kappa shape index (κ3) is 1.53. The van der Waals surface area contributed by atoms with Crippen LogP contribution in [0.3, 0.4) is 0 Å². The van der Waals surface area contributed by atoms with Crippen LogP contribution in [0.4, 0.5) is 0 Å². The number of nitrogens with zero attached hydrogens (tertiary/aromatic N) is 1. The largest absolute Gasteiger partial charge is 0.298 e. The monoisotopic (exact) mass is 269 g/mol. The van der Waals surface area contributed by atoms with Gasteiger partial charge >= 0.3 is 0 Å². The first kappa shape index (κ1) is 9.62. The van der Waals surface area contributed by atoms with Crippen LogP contribution in [0.15, 0.2) is 28.9 Å². The topological polar surface area (TPSA) is 30.0 Å². The van der Waals surface area contributed by atoms with Gasteiger partial charge < -0.3 is 0 Å². The van der Waals surface area contributed by atoms with Crippen LogP contribution in [-0.4, -0.2) is 11.3 Å². The highest BCUT2D eigenvalue weighted by atomic mass is 79.9. The van der Waals surface area contributed by atoms with Crippen LogP contribution in [0.5, 0.6) is 0 Å². The van der Waals surface area contributed by atoms with Gasteiger partial charge in [-0.1, -0.05) is 33.6 Å². The second-order valence-corrected chi connectivity index (χ2v) is 4.09. The zero-order valence-electron chi connectivity index (χ0n) is 7.00. The summed E-state index contributed by atoms with van der Waals surface area (Å²) in [5, 5.41) is 1.96. The van der Waals surface area contributed by atoms with Crippen molar-refractivity contribution in [3.63, 3.8) is 0 Å². The Bertz CT molecular complexity index is 513. The summed E-state index contributed by atoms with van der Waals surface area (Å²) < 4.78 is 0.950. The number of benzene rings is 1. The van der Waals surface area contributed by atoms with Gasteiger partial charge in [0.2, 0.25) is 0 Å². The van der Waals surface area contributed by atoms with Crippen LogP contribution >= 0.6 is 27.5 Å². The fourth-order valence-corrected chi connectivity index (χ4v) is 1.88. The number of hydrogen-bond acceptors (Lipinski definition) is 2. The smallest absolute Gasteiger partial charge is 0.153 e. The average Bonchev–Trinajstić information content (AvgIpc) is 2.18. The predicted octanol–water partition coefficient (Wildman–Crippen LogP) is 3.46. The number of pyridine rings is 1. The quantitative estimate of drug-likeness (QED) is 0.587. The second kappa shape index (κ2) is 3.67. The first-order chi connectivity index (χ1) is 6.72. The average molecular weight is 271 g/mol. The van der Waals surface area contributed by atoms with Gasteiger partial charge in [-0.05, 0) is 17.5 Å². The summed E-state index contributed by atoms with van der Waals surface area (Å²) in [5.74, 6) is 0. The maximum atomic E-state index is 10.8. The van der Waals surface area contributed by atoms with E-state index in [0.29, 0.717) is 5.56 Å². The Labute approximate surface area is 94.0 Å². The molecule has 1 heterocycles. The van der Waals surface area contributed by atoms with E-state index in [4.69, 9.17) is 11.6 Å². The first-order valence-corrected chi connectivity index (χ1v) is 5.08. The number of carbonyl (C=O) groups is 1. The van der Waals surface area contributed by atoms with Crippen molar-refractivity contribution in [1.29, 1.82) is 0 Å². The molecule has 0 spiro atoms. The van der Waals surface area contributed by atoms with Crippen molar-refractivity contribution in [2.24, 2.45) is 0 Å². The van der Waals surface area contributed by atoms with Gasteiger partial charge in [0.25, 0.3) is 0 Å². The Morgan fingerprint density at radius 1 is 1.43 bits per heavy atom. The van der Waals surface area contributed by atoms with Crippen LogP contribution in [0, 0.1) is 0 Å². The molecule has 0 N–H and O–H groups in total. The van der Waals surface area contributed by atoms with Crippen molar-refractivity contribution in [2.45, 2.75) is 0 Å². The highest BCUT2D eigenvalue weighted by Crippen LogP contribution is 2.25. The predicted molar refractivity (Wildman–Crippen MR) is 59.8 cm³/mol. The lowest BCUT2D eigenvalue weighted by molar-refractivity contribution is 0.112. The summed E-state index contributed by atoms with van der Waals surface area (Å²) in [6.07, 6.45) is 2.38. The zero-order valence-corrected chi connectivity index (χ0v) is 9.34. The van der Waals surface area contributed by atoms with E-state index in [1.165, 1.54) is 0 Å². The SMILES string of the molecule is O=Cc1c(Cl)ncc2cc(Br)ccc12. The lowest BCUT2D eigenvalue weighted by Gasteiger charge is -2.02. The summed E-state index contributed by atoms with van der Waals surface area (Å²) in [6, 6.07) is 5.61. The van der Waals surface area contributed by atoms with Gasteiger partial charge in [-0.3, -0.25) is 4.79 Å². The Morgan fingerprint density at radius 3 is 2.93 bits per heavy atom. The van der Waals surface area contributed by atoms with E-state index < -0.39 is 0 Å². The van der Waals surface area contributed by atoms with Gasteiger partial charge in [0.1, 0.15) is 5.15 Å². The summed E-state index contributed by atoms with van der Waals surface area (Å²) in [6.45, 7) is 0. The molecule has 0 radical (unpaired) electrons. The van der Waals surface area contributed by atoms with Gasteiger partial charge in [-0.25, -0.2) is 4.98 Å². The molecule has 0 aliphatic heterocycles. The molecule has 1 aromatic heterocycles. The van der Waals surface area contributed by atoms with E-state index in [1.54, 1.807) is 6.20 Å². The Hall–Kier alpha value is -0.930. The number of rotatable bonds is 1. The van der Waals surface area contributed by atoms with Crippen molar-refractivity contribution in [3.05, 3.63) is 39.6 Å². The van der Waals surface area contributed by atoms with Crippen molar-refractivity contribution < 1.29 is 4.79 Å². The van der Waals surface area contributed by atoms with E-state index >= 15 is 0 Å². The summed E-state index contributed by atoms with van der Waals surface area (Å²) >= 11 is 9.14. The van der Waals surface area contributed by atoms with E-state index in [-0.39, 0.29) is 5.15 Å². The molecular formula is C10H5BrClNO. The van der Waals surface area contributed by atoms with Crippen molar-refractivity contribution in [1.82, 2.24) is 4.98 Å². The van der Waals surface area contributed by atoms with Crippen molar-refractivity contribution in [3.8, 4) is 0 Å². The molecule has 0 saturated carbocycles. The molecular weight excluding hydrogens is 265 g/mol. The minimum atomic E-state index is 0.245. The molecule has 1 aromatic carbocycles. The number of carbonyl (C=O) groups excluding carboxylic acids is 1. The van der Waals surface area contributed by atoms with E-state index in [1.807, 2.05) is 18.2 Å². The first-order valence-electron chi connectivity index (χ1n) is 3.91. The lowest BCUT2D eigenvalue weighted by Crippen LogP contribution is -1.88. The molecule has 4 heteroatoms. The lowest BCUT2D eigenvalue weighted by atomic mass is 10.1. The van der Waals surface area contributed by atoms with E-state index in [2.05, 4.69) is 20.9 Å². The van der Waals surface area contributed by atoms with Crippen LogP contribution in [0.1, 0.15) is 10.4 Å². The maximum Gasteiger partial charge on any atom is 0.153 e. The molecule has 14 heavy (non-hydrogen) atoms. The van der Waals surface area contributed by atoms with Crippen LogP contribution < -0.4 is 0 Å². The van der Waals surface area contributed by atoms with Crippen molar-refractivity contribution >= 4 is 44.6 Å². The third-order valence-corrected chi connectivity index (χ3v) is 2.76. The highest BCUT2D eigenvalue weighted by Gasteiger charge is 2.06. The third-order valence-electron chi connectivity index (χ3n) is 1.96. The summed E-state index contributed by atoms with van der Waals surface area (Å²) in [7, 11) is 0. The number of halogens is 2. The minimum Gasteiger partial charge on any atom is -0.298 e. The standard InChI is InChI=1S/C10H5BrClNO/c11-7-1-2-8-6(3-7)4-13-10(12)9(8)5-14/h1-5H. The number of hydrogen-bond donors (Lipinski definition) is 0. The van der Waals surface area contributed by atoms with E-state index in [9.17, 15) is 4.79 Å². The maximum absolute atomic E-state index is 10.8. The fraction of sp³-hybridized carbons (Fsp3) is 0. The molecule has 70 valence electrons. The number of aromatic nitrogens is 1. The Balaban J connectivity index is 2.88. The fourth-order valence-electron chi connectivity index (χ4n) is 1.30. The highest BCUT2D eigenvalue weighted by molar-refractivity contribution is 9.10. The van der Waals surface area contributed by atoms with Gasteiger partial charge in [-0.15, -0.1) is 0 Å². The van der Waals surface area contributed by atoms with Gasteiger partial charge in [0.15, 0.2) is 6.29 Å². The van der Waals surface area contributed by atoms with Gasteiger partial charge in [0.05, 0.1) is 5.56 Å². The zero-order chi connectivity index (χ0) is 10.1. The molecule has 0 fully saturated rings. The number of aldehydes is 1. The van der Waals surface area contributed by atoms with Gasteiger partial charge in [-0.2, -0.15) is 0 Å². The molecule has 0 aliphatic carbocycles. The van der Waals surface area contributed by atoms with Crippen LogP contribution in [0.2, 0.25) is 5.15 Å². The molecule has 0 atom stereocenters. The Kier molecular flexibility index (Phi) is 2.52. The van der Waals surface area contributed by atoms with Crippen molar-refractivity contribution in [2.75, 3.05) is 0 Å². The molecule has 0 aliphatic rings. The normalized spacial score (nSPS) is 10.4. The second-order valence-electron chi connectivity index (χ2n) is 2.81. The molecule has 0 amide bonds. The Morgan fingerprint density at radius 2 is 2.21 bits per heavy atom. The van der Waals surface area contributed by atoms with Crippen LogP contribution in [-0.2, 0) is 0 Å².